The zero-order chi connectivity index (χ0) is 77.8. The number of aromatic nitrogens is 7. The lowest BCUT2D eigenvalue weighted by Gasteiger charge is -2.19. The molecule has 0 aliphatic carbocycles. The van der Waals surface area contributed by atoms with Crippen molar-refractivity contribution in [3.05, 3.63) is 164 Å². The fourth-order valence-corrected chi connectivity index (χ4v) is 9.53. The fraction of sp³-hybridized carbons (Fsp3) is 0.352. The maximum Gasteiger partial charge on any atom is 0.320 e. The number of carbonyl (C=O) groups excluding carboxylic acids is 3. The number of alkyl halides is 2. The van der Waals surface area contributed by atoms with Gasteiger partial charge in [0.1, 0.15) is 41.8 Å². The first kappa shape index (κ1) is 90.9. The van der Waals surface area contributed by atoms with Gasteiger partial charge in [0.05, 0.1) is 109 Å². The minimum atomic E-state index is -0.699. The van der Waals surface area contributed by atoms with Crippen LogP contribution in [0, 0.1) is 125 Å². The summed E-state index contributed by atoms with van der Waals surface area (Å²) < 4.78 is 18.0. The minimum Gasteiger partial charge on any atom is -0.465 e. The number of hydrogen-bond donors (Lipinski definition) is 3. The standard InChI is InChI=1S/C17H15N5OS.C15H12N4OS.C10H9N3.C10H10N2O.C6H3FN2.C5H7NO2.C4H7N.C3H6Br2.CH4N2S/c1-17(2,10-19)13-5-4-11(9-20-13)14-12(8-18)15(23)22-6-3-7-24-16(22)21-14;1-15(2,8-17)12-4-3-9(7-18-12)10-5-13(21)19-14(20)11(10)6-16;1-10(2,7-12)9-4-3-8(5-11)6-13-9;1-10(2,7-11)9-4-3-8(6-13)5-12-9;7-6-2-1-5(3-8)4-9-6;1-2-8-5(7)3-4-6;1-4(2)3-5;4-2-1-3-5;2-1(3)4/h4-5,9H,3,6-7H2,1-2H3;3-4,7H,5H2,1-2H3,(H,19,20,21);3-4,6H,1-2H3;3-6H,1-2H3;1-2,4H;2-3H2,1H3;4H,1-2H3;1-3H2;(H4,2,3,4). The second-order valence-electron chi connectivity index (χ2n) is 22.9. The highest BCUT2D eigenvalue weighted by Crippen LogP contribution is 2.30. The van der Waals surface area contributed by atoms with Crippen LogP contribution in [0.15, 0.2) is 107 Å². The molecule has 8 heterocycles. The lowest BCUT2D eigenvalue weighted by atomic mass is 9.89. The number of aldehydes is 1. The number of nitrogens with one attached hydrogen (secondary N) is 1. The molecule has 31 heteroatoms. The Morgan fingerprint density at radius 1 is 0.696 bits per heavy atom. The average molecular weight is 1560 g/mol. The summed E-state index contributed by atoms with van der Waals surface area (Å²) in [7, 11) is 0. The van der Waals surface area contributed by atoms with Gasteiger partial charge in [-0.2, -0.15) is 57.0 Å². The van der Waals surface area contributed by atoms with Crippen molar-refractivity contribution in [1.82, 2.24) is 39.8 Å². The topological polar surface area (TPSA) is 462 Å². The summed E-state index contributed by atoms with van der Waals surface area (Å²) in [5.41, 5.74) is 12.7. The number of nitriles is 10. The average Bonchev–Trinajstić information content (AvgIpc) is 0.782. The fourth-order valence-electron chi connectivity index (χ4n) is 7.04. The monoisotopic (exact) mass is 1560 g/mol. The Kier molecular flexibility index (Phi) is 41.9. The summed E-state index contributed by atoms with van der Waals surface area (Å²) >= 11 is 17.2. The molecule has 25 nitrogen and oxygen atoms in total. The van der Waals surface area contributed by atoms with Crippen molar-refractivity contribution in [1.29, 1.82) is 52.6 Å². The predicted octanol–water partition coefficient (Wildman–Crippen LogP) is 12.0. The van der Waals surface area contributed by atoms with E-state index in [9.17, 15) is 34.1 Å². The zero-order valence-electron chi connectivity index (χ0n) is 57.8. The number of fused-ring (bicyclic) bond motifs is 1. The number of amides is 1. The summed E-state index contributed by atoms with van der Waals surface area (Å²) in [6.45, 7) is 20.7. The van der Waals surface area contributed by atoms with Crippen LogP contribution in [-0.2, 0) is 42.5 Å². The van der Waals surface area contributed by atoms with Crippen molar-refractivity contribution in [2.45, 2.75) is 135 Å². The number of thioether (sulfide) groups is 1. The quantitative estimate of drug-likeness (QED) is 0.0271. The number of carbonyl (C=O) groups is 3. The first-order chi connectivity index (χ1) is 48.1. The Bertz CT molecular complexity index is 4360. The van der Waals surface area contributed by atoms with Gasteiger partial charge in [0, 0.05) is 77.4 Å². The molecule has 0 spiro atoms. The Hall–Kier alpha value is -11.1. The molecule has 526 valence electrons. The van der Waals surface area contributed by atoms with Crippen molar-refractivity contribution in [3.63, 3.8) is 0 Å². The number of pyridine rings is 5. The summed E-state index contributed by atoms with van der Waals surface area (Å²) in [4.78, 5) is 69.7. The van der Waals surface area contributed by atoms with Crippen LogP contribution < -0.4 is 22.3 Å². The third-order valence-corrected chi connectivity index (χ3v) is 15.2. The Labute approximate surface area is 625 Å². The molecule has 0 saturated carbocycles. The predicted molar refractivity (Wildman–Crippen MR) is 396 cm³/mol. The molecular weight excluding hydrogens is 1490 g/mol. The van der Waals surface area contributed by atoms with E-state index in [2.05, 4.69) is 120 Å². The Balaban J connectivity index is 0.00000119. The summed E-state index contributed by atoms with van der Waals surface area (Å²) in [6.07, 6.45) is 10.3. The van der Waals surface area contributed by atoms with Gasteiger partial charge in [-0.05, 0) is 167 Å². The highest BCUT2D eigenvalue weighted by atomic mass is 79.9. The lowest BCUT2D eigenvalue weighted by Crippen LogP contribution is -2.34. The molecule has 102 heavy (non-hydrogen) atoms. The van der Waals surface area contributed by atoms with Gasteiger partial charge >= 0.3 is 5.97 Å². The second-order valence-corrected chi connectivity index (χ2v) is 26.5. The van der Waals surface area contributed by atoms with E-state index in [-0.39, 0.29) is 34.1 Å². The van der Waals surface area contributed by atoms with Gasteiger partial charge in [-0.25, -0.2) is 9.97 Å². The van der Waals surface area contributed by atoms with Crippen LogP contribution in [0.2, 0.25) is 0 Å². The molecule has 0 unspecified atom stereocenters. The normalized spacial score (nSPS) is 11.3. The maximum absolute atomic E-state index is 12.5. The molecule has 5 N–H and O–H groups in total. The number of esters is 1. The van der Waals surface area contributed by atoms with Crippen molar-refractivity contribution in [3.8, 4) is 71.9 Å². The molecule has 0 aromatic carbocycles. The molecule has 0 radical (unpaired) electrons. The van der Waals surface area contributed by atoms with Gasteiger partial charge in [-0.1, -0.05) is 61.9 Å². The Morgan fingerprint density at radius 3 is 1.49 bits per heavy atom. The third kappa shape index (κ3) is 32.3. The second kappa shape index (κ2) is 47.0. The first-order valence-corrected chi connectivity index (χ1v) is 34.3. The largest absolute Gasteiger partial charge is 0.465 e. The SMILES string of the molecule is BrCCCBr.CC(C)(C#N)c1ccc(-c2nc3n(c(=O)c2C#N)CCCS3)cn1.CC(C)(C#N)c1ccc(C#N)cn1.CC(C)(C#N)c1ccc(C2=C(C#N)C(=O)NC(=S)C2)cn1.CC(C)(C#N)c1ccc(C=O)cn1.CC(C)C#N.CCOC(=O)CC#N.N#Cc1ccc(F)nc1.NC(N)=S. The van der Waals surface area contributed by atoms with E-state index in [1.54, 1.807) is 134 Å². The van der Waals surface area contributed by atoms with Crippen molar-refractivity contribution in [2.75, 3.05) is 23.0 Å². The number of thiocarbonyl (C=S) groups is 2. The van der Waals surface area contributed by atoms with Gasteiger partial charge in [0.15, 0.2) is 16.6 Å². The zero-order valence-corrected chi connectivity index (χ0v) is 63.5. The highest BCUT2D eigenvalue weighted by molar-refractivity contribution is 9.09. The van der Waals surface area contributed by atoms with Gasteiger partial charge in [0.2, 0.25) is 5.95 Å². The molecule has 0 saturated heterocycles. The lowest BCUT2D eigenvalue weighted by molar-refractivity contribution is -0.141. The molecule has 2 aliphatic heterocycles. The van der Waals surface area contributed by atoms with E-state index < -0.39 is 39.5 Å². The van der Waals surface area contributed by atoms with E-state index >= 15 is 0 Å². The van der Waals surface area contributed by atoms with Crippen molar-refractivity contribution >= 4 is 102 Å². The van der Waals surface area contributed by atoms with E-state index in [4.69, 9.17) is 54.3 Å². The van der Waals surface area contributed by atoms with Crippen LogP contribution in [-0.4, -0.2) is 85.8 Å². The van der Waals surface area contributed by atoms with Crippen LogP contribution >= 0.6 is 68.1 Å². The van der Waals surface area contributed by atoms with Gasteiger partial charge < -0.3 is 21.5 Å². The molecule has 8 rings (SSSR count). The molecule has 1 amide bonds. The minimum absolute atomic E-state index is 0.000000000000000222. The van der Waals surface area contributed by atoms with Crippen LogP contribution in [0.5, 0.6) is 0 Å². The number of hydrogen-bond acceptors (Lipinski definition) is 24. The third-order valence-electron chi connectivity index (χ3n) is 12.8. The molecule has 6 aromatic heterocycles. The first-order valence-electron chi connectivity index (χ1n) is 30.2. The molecule has 0 atom stereocenters. The number of nitrogens with two attached hydrogens (primary N) is 2. The van der Waals surface area contributed by atoms with E-state index in [1.807, 2.05) is 44.2 Å². The van der Waals surface area contributed by atoms with Crippen molar-refractivity contribution in [2.24, 2.45) is 17.4 Å². The van der Waals surface area contributed by atoms with Gasteiger partial charge in [-0.15, -0.1) is 0 Å². The van der Waals surface area contributed by atoms with E-state index in [1.165, 1.54) is 42.8 Å². The molecule has 0 bridgehead atoms. The van der Waals surface area contributed by atoms with Crippen LogP contribution in [0.1, 0.15) is 157 Å². The summed E-state index contributed by atoms with van der Waals surface area (Å²) in [6, 6.07) is 36.3. The molecule has 0 fully saturated rings. The van der Waals surface area contributed by atoms with Gasteiger partial charge in [0.25, 0.3) is 11.5 Å². The number of halogens is 3. The maximum atomic E-state index is 12.5. The smallest absolute Gasteiger partial charge is 0.320 e. The van der Waals surface area contributed by atoms with Crippen LogP contribution in [0.3, 0.4) is 0 Å². The number of rotatable bonds is 11. The van der Waals surface area contributed by atoms with E-state index in [0.717, 1.165) is 35.2 Å². The number of nitrogens with zero attached hydrogens (tertiary/aromatic N) is 17. The molecule has 6 aromatic rings. The summed E-state index contributed by atoms with van der Waals surface area (Å²) in [5.74, 6) is -0.394. The van der Waals surface area contributed by atoms with Gasteiger partial charge in [-0.3, -0.25) is 43.7 Å². The summed E-state index contributed by atoms with van der Waals surface area (Å²) in [5, 5.41) is 92.4. The van der Waals surface area contributed by atoms with Crippen LogP contribution in [0.25, 0.3) is 16.8 Å². The van der Waals surface area contributed by atoms with Crippen LogP contribution in [0.4, 0.5) is 4.39 Å². The number of ether oxygens (including phenoxy) is 1. The molecule has 2 aliphatic rings. The highest BCUT2D eigenvalue weighted by Gasteiger charge is 2.28. The molecular formula is C71H73Br2FN20O5S3. The Morgan fingerprint density at radius 2 is 1.15 bits per heavy atom. The van der Waals surface area contributed by atoms with Crippen molar-refractivity contribution < 1.29 is 23.5 Å². The van der Waals surface area contributed by atoms with E-state index in [0.29, 0.717) is 91.6 Å².